The average Bonchev–Trinajstić information content (AvgIpc) is 2.82. The van der Waals surface area contributed by atoms with Gasteiger partial charge in [0.05, 0.1) is 12.5 Å². The summed E-state index contributed by atoms with van der Waals surface area (Å²) in [5, 5.41) is 34.1. The number of nitrogens with two attached hydrogens (primary N) is 4. The van der Waals surface area contributed by atoms with E-state index < -0.39 is 79.1 Å². The van der Waals surface area contributed by atoms with Gasteiger partial charge in [0, 0.05) is 13.0 Å². The van der Waals surface area contributed by atoms with E-state index in [1.165, 1.54) is 0 Å². The number of aliphatic carboxylic acids is 3. The molecule has 4 unspecified atom stereocenters. The predicted molar refractivity (Wildman–Crippen MR) is 133 cm³/mol. The van der Waals surface area contributed by atoms with Gasteiger partial charge in [-0.25, -0.2) is 4.79 Å². The highest BCUT2D eigenvalue weighted by atomic mass is 16.4. The normalized spacial score (nSPS) is 13.7. The van der Waals surface area contributed by atoms with E-state index in [-0.39, 0.29) is 31.9 Å². The summed E-state index contributed by atoms with van der Waals surface area (Å²) in [4.78, 5) is 75.4. The van der Waals surface area contributed by atoms with Crippen molar-refractivity contribution in [1.29, 1.82) is 0 Å². The monoisotopic (exact) mass is 546 g/mol. The van der Waals surface area contributed by atoms with Crippen molar-refractivity contribution in [2.24, 2.45) is 27.9 Å². The van der Waals surface area contributed by atoms with Crippen LogP contribution in [0.5, 0.6) is 0 Å². The van der Waals surface area contributed by atoms with E-state index in [0.29, 0.717) is 19.3 Å². The topological polar surface area (TPSA) is 316 Å². The molecule has 0 bridgehead atoms. The molecule has 0 saturated heterocycles. The number of hydrogen-bond donors (Lipinski definition) is 10. The van der Waals surface area contributed by atoms with E-state index in [2.05, 4.69) is 20.9 Å². The molecule has 0 heterocycles. The number of guanidine groups is 1. The number of carboxylic acids is 3. The van der Waals surface area contributed by atoms with Crippen molar-refractivity contribution in [3.05, 3.63) is 0 Å². The third kappa shape index (κ3) is 15.2. The number of hydrogen-bond acceptors (Lipinski definition) is 9. The number of rotatable bonds is 20. The molecule has 0 rings (SSSR count). The van der Waals surface area contributed by atoms with Gasteiger partial charge in [-0.2, -0.15) is 0 Å². The van der Waals surface area contributed by atoms with E-state index in [1.807, 2.05) is 0 Å². The Balaban J connectivity index is 5.47. The Morgan fingerprint density at radius 3 is 1.82 bits per heavy atom. The molecule has 38 heavy (non-hydrogen) atoms. The lowest BCUT2D eigenvalue weighted by Crippen LogP contribution is -2.57. The molecule has 216 valence electrons. The summed E-state index contributed by atoms with van der Waals surface area (Å²) in [6.07, 6.45) is -0.481. The fourth-order valence-electron chi connectivity index (χ4n) is 3.14. The Morgan fingerprint density at radius 1 is 0.711 bits per heavy atom. The highest BCUT2D eigenvalue weighted by Gasteiger charge is 2.31. The van der Waals surface area contributed by atoms with Gasteiger partial charge in [0.15, 0.2) is 5.96 Å². The zero-order valence-electron chi connectivity index (χ0n) is 20.9. The molecule has 0 aliphatic rings. The summed E-state index contributed by atoms with van der Waals surface area (Å²) in [5.74, 6) is -7.06. The van der Waals surface area contributed by atoms with Gasteiger partial charge in [0.25, 0.3) is 0 Å². The molecule has 0 saturated carbocycles. The number of aliphatic imine (C=N–C) groups is 1. The van der Waals surface area contributed by atoms with Crippen molar-refractivity contribution < 1.29 is 44.1 Å². The van der Waals surface area contributed by atoms with Crippen molar-refractivity contribution in [2.45, 2.75) is 75.5 Å². The largest absolute Gasteiger partial charge is 0.481 e. The van der Waals surface area contributed by atoms with Gasteiger partial charge < -0.3 is 54.2 Å². The second-order valence-corrected chi connectivity index (χ2v) is 8.39. The molecule has 4 atom stereocenters. The van der Waals surface area contributed by atoms with E-state index in [1.54, 1.807) is 0 Å². The Kier molecular flexibility index (Phi) is 16.4. The zero-order chi connectivity index (χ0) is 29.3. The average molecular weight is 547 g/mol. The van der Waals surface area contributed by atoms with Crippen molar-refractivity contribution in [3.8, 4) is 0 Å². The van der Waals surface area contributed by atoms with Crippen molar-refractivity contribution in [2.75, 3.05) is 13.1 Å². The van der Waals surface area contributed by atoms with Gasteiger partial charge in [-0.05, 0) is 45.1 Å². The van der Waals surface area contributed by atoms with Crippen molar-refractivity contribution >= 4 is 41.6 Å². The highest BCUT2D eigenvalue weighted by Crippen LogP contribution is 2.06. The van der Waals surface area contributed by atoms with Crippen LogP contribution in [-0.2, 0) is 28.8 Å². The van der Waals surface area contributed by atoms with Gasteiger partial charge in [0.2, 0.25) is 17.7 Å². The van der Waals surface area contributed by atoms with Crippen LogP contribution in [0.3, 0.4) is 0 Å². The molecule has 0 fully saturated rings. The van der Waals surface area contributed by atoms with Gasteiger partial charge in [-0.1, -0.05) is 0 Å². The SMILES string of the molecule is NCCCCC(NC(=O)C(CC(=O)O)NC(=O)C(N)CCCN=C(N)N)C(=O)NC(CCC(=O)O)C(=O)O. The lowest BCUT2D eigenvalue weighted by molar-refractivity contribution is -0.144. The lowest BCUT2D eigenvalue weighted by Gasteiger charge is -2.24. The summed E-state index contributed by atoms with van der Waals surface area (Å²) in [6.45, 7) is 0.475. The minimum absolute atomic E-state index is 0.0120. The van der Waals surface area contributed by atoms with Crippen LogP contribution in [-0.4, -0.2) is 94.2 Å². The van der Waals surface area contributed by atoms with Crippen LogP contribution >= 0.6 is 0 Å². The zero-order valence-corrected chi connectivity index (χ0v) is 20.9. The molecular formula is C21H38N8O9. The summed E-state index contributed by atoms with van der Waals surface area (Å²) in [6, 6.07) is -5.57. The highest BCUT2D eigenvalue weighted by molar-refractivity contribution is 5.95. The second-order valence-electron chi connectivity index (χ2n) is 8.39. The fraction of sp³-hybridized carbons (Fsp3) is 0.667. The Bertz CT molecular complexity index is 864. The molecule has 0 aromatic rings. The molecule has 0 aliphatic heterocycles. The Labute approximate surface area is 218 Å². The van der Waals surface area contributed by atoms with Gasteiger partial charge in [-0.3, -0.25) is 29.0 Å². The van der Waals surface area contributed by atoms with E-state index >= 15 is 0 Å². The number of nitrogens with zero attached hydrogens (tertiary/aromatic N) is 1. The third-order valence-electron chi connectivity index (χ3n) is 5.16. The number of unbranched alkanes of at least 4 members (excludes halogenated alkanes) is 1. The molecule has 17 nitrogen and oxygen atoms in total. The maximum absolute atomic E-state index is 12.9. The molecule has 0 aliphatic carbocycles. The standard InChI is InChI=1S/C21H38N8O9/c22-8-2-1-5-12(18(35)28-13(20(37)38)6-7-15(30)31)27-19(36)14(10-16(32)33)29-17(34)11(23)4-3-9-26-21(24)25/h11-14H,1-10,22-23H2,(H,27,36)(H,28,35)(H,29,34)(H,30,31)(H,32,33)(H,37,38)(H4,24,25,26). The Hall–Kier alpha value is -3.99. The van der Waals surface area contributed by atoms with Gasteiger partial charge >= 0.3 is 17.9 Å². The van der Waals surface area contributed by atoms with Crippen molar-refractivity contribution in [1.82, 2.24) is 16.0 Å². The number of carbonyl (C=O) groups excluding carboxylic acids is 3. The first-order chi connectivity index (χ1) is 17.8. The summed E-state index contributed by atoms with van der Waals surface area (Å²) in [7, 11) is 0. The van der Waals surface area contributed by atoms with Crippen LogP contribution in [0.25, 0.3) is 0 Å². The first-order valence-electron chi connectivity index (χ1n) is 11.9. The van der Waals surface area contributed by atoms with Crippen LogP contribution in [0.1, 0.15) is 51.4 Å². The molecule has 14 N–H and O–H groups in total. The first kappa shape index (κ1) is 34.0. The van der Waals surface area contributed by atoms with E-state index in [4.69, 9.17) is 28.0 Å². The number of carbonyl (C=O) groups is 6. The Morgan fingerprint density at radius 2 is 1.29 bits per heavy atom. The maximum Gasteiger partial charge on any atom is 0.326 e. The molecule has 3 amide bonds. The molecule has 0 radical (unpaired) electrons. The number of carboxylic acid groups (broad SMARTS) is 3. The van der Waals surface area contributed by atoms with Crippen LogP contribution in [0.2, 0.25) is 0 Å². The minimum atomic E-state index is -1.60. The minimum Gasteiger partial charge on any atom is -0.481 e. The fourth-order valence-corrected chi connectivity index (χ4v) is 3.14. The summed E-state index contributed by atoms with van der Waals surface area (Å²) >= 11 is 0. The molecule has 17 heteroatoms. The van der Waals surface area contributed by atoms with Crippen LogP contribution in [0, 0.1) is 0 Å². The molecular weight excluding hydrogens is 508 g/mol. The number of amides is 3. The smallest absolute Gasteiger partial charge is 0.326 e. The van der Waals surface area contributed by atoms with Gasteiger partial charge in [0.1, 0.15) is 18.1 Å². The van der Waals surface area contributed by atoms with Crippen LogP contribution in [0.15, 0.2) is 4.99 Å². The molecule has 0 spiro atoms. The lowest BCUT2D eigenvalue weighted by atomic mass is 10.1. The van der Waals surface area contributed by atoms with E-state index in [9.17, 15) is 39.0 Å². The summed E-state index contributed by atoms with van der Waals surface area (Å²) in [5.41, 5.74) is 21.7. The van der Waals surface area contributed by atoms with Crippen LogP contribution < -0.4 is 38.9 Å². The third-order valence-corrected chi connectivity index (χ3v) is 5.16. The molecule has 0 aromatic heterocycles. The maximum atomic E-state index is 12.9. The number of nitrogens with one attached hydrogen (secondary N) is 3. The summed E-state index contributed by atoms with van der Waals surface area (Å²) < 4.78 is 0. The quantitative estimate of drug-likeness (QED) is 0.0401. The molecule has 0 aromatic carbocycles. The van der Waals surface area contributed by atoms with Crippen LogP contribution in [0.4, 0.5) is 0 Å². The predicted octanol–water partition coefficient (Wildman–Crippen LogP) is -3.63. The van der Waals surface area contributed by atoms with Crippen molar-refractivity contribution in [3.63, 3.8) is 0 Å². The van der Waals surface area contributed by atoms with E-state index in [0.717, 1.165) is 0 Å². The first-order valence-corrected chi connectivity index (χ1v) is 11.9. The second kappa shape index (κ2) is 18.3. The van der Waals surface area contributed by atoms with Gasteiger partial charge in [-0.15, -0.1) is 0 Å².